The van der Waals surface area contributed by atoms with Crippen molar-refractivity contribution >= 4 is 5.91 Å². The molecule has 1 atom stereocenters. The summed E-state index contributed by atoms with van der Waals surface area (Å²) in [7, 11) is 0. The Labute approximate surface area is 112 Å². The molecule has 1 amide bonds. The van der Waals surface area contributed by atoms with Gasteiger partial charge in [-0.1, -0.05) is 5.16 Å². The van der Waals surface area contributed by atoms with Gasteiger partial charge in [0.2, 0.25) is 5.76 Å². The fraction of sp³-hybridized carbons (Fsp3) is 0.692. The van der Waals surface area contributed by atoms with Crippen molar-refractivity contribution in [3.05, 3.63) is 17.5 Å². The second-order valence-electron chi connectivity index (χ2n) is 5.31. The number of amides is 1. The van der Waals surface area contributed by atoms with E-state index in [1.807, 2.05) is 11.8 Å². The maximum atomic E-state index is 12.2. The van der Waals surface area contributed by atoms with E-state index in [0.29, 0.717) is 11.8 Å². The predicted molar refractivity (Wildman–Crippen MR) is 70.0 cm³/mol. The number of nitrogens with zero attached hydrogens (tertiary/aromatic N) is 3. The topological polar surface area (TPSA) is 61.6 Å². The van der Waals surface area contributed by atoms with Crippen molar-refractivity contribution in [2.75, 3.05) is 39.3 Å². The van der Waals surface area contributed by atoms with Crippen LogP contribution in [0.25, 0.3) is 0 Å². The molecule has 104 valence electrons. The van der Waals surface area contributed by atoms with Crippen LogP contribution in [0.2, 0.25) is 0 Å². The van der Waals surface area contributed by atoms with Crippen LogP contribution in [0.15, 0.2) is 10.6 Å². The minimum atomic E-state index is -0.0294. The second kappa shape index (κ2) is 5.30. The van der Waals surface area contributed by atoms with Crippen LogP contribution >= 0.6 is 0 Å². The Balaban J connectivity index is 1.60. The van der Waals surface area contributed by atoms with Gasteiger partial charge in [0.15, 0.2) is 0 Å². The van der Waals surface area contributed by atoms with Gasteiger partial charge in [0, 0.05) is 51.4 Å². The first-order chi connectivity index (χ1) is 9.24. The van der Waals surface area contributed by atoms with Gasteiger partial charge in [0.1, 0.15) is 0 Å². The van der Waals surface area contributed by atoms with Crippen LogP contribution in [-0.2, 0) is 0 Å². The zero-order valence-electron chi connectivity index (χ0n) is 11.3. The Kier molecular flexibility index (Phi) is 3.52. The van der Waals surface area contributed by atoms with Crippen LogP contribution in [0.1, 0.15) is 22.7 Å². The Morgan fingerprint density at radius 1 is 1.42 bits per heavy atom. The number of nitrogens with one attached hydrogen (secondary N) is 1. The lowest BCUT2D eigenvalue weighted by Gasteiger charge is -2.32. The normalized spacial score (nSPS) is 24.9. The van der Waals surface area contributed by atoms with Gasteiger partial charge in [-0.05, 0) is 13.3 Å². The highest BCUT2D eigenvalue weighted by atomic mass is 16.5. The number of carbonyl (C=O) groups excluding carboxylic acids is 1. The molecule has 3 rings (SSSR count). The van der Waals surface area contributed by atoms with E-state index in [4.69, 9.17) is 4.52 Å². The van der Waals surface area contributed by atoms with Crippen molar-refractivity contribution in [3.8, 4) is 0 Å². The maximum Gasteiger partial charge on any atom is 0.292 e. The fourth-order valence-electron chi connectivity index (χ4n) is 2.89. The van der Waals surface area contributed by atoms with E-state index < -0.39 is 0 Å². The highest BCUT2D eigenvalue weighted by Crippen LogP contribution is 2.18. The summed E-state index contributed by atoms with van der Waals surface area (Å²) in [5, 5.41) is 7.13. The second-order valence-corrected chi connectivity index (χ2v) is 5.31. The third-order valence-electron chi connectivity index (χ3n) is 3.96. The summed E-state index contributed by atoms with van der Waals surface area (Å²) in [6.07, 6.45) is 1.05. The van der Waals surface area contributed by atoms with Gasteiger partial charge in [-0.3, -0.25) is 9.69 Å². The lowest BCUT2D eigenvalue weighted by atomic mass is 10.2. The van der Waals surface area contributed by atoms with E-state index in [-0.39, 0.29) is 5.91 Å². The van der Waals surface area contributed by atoms with Crippen molar-refractivity contribution in [1.29, 1.82) is 0 Å². The molecule has 19 heavy (non-hydrogen) atoms. The monoisotopic (exact) mass is 264 g/mol. The molecule has 1 unspecified atom stereocenters. The van der Waals surface area contributed by atoms with Gasteiger partial charge >= 0.3 is 0 Å². The molecule has 0 aromatic carbocycles. The van der Waals surface area contributed by atoms with Gasteiger partial charge in [-0.2, -0.15) is 0 Å². The van der Waals surface area contributed by atoms with Gasteiger partial charge in [-0.25, -0.2) is 0 Å². The first kappa shape index (κ1) is 12.6. The van der Waals surface area contributed by atoms with Crippen molar-refractivity contribution in [3.63, 3.8) is 0 Å². The average Bonchev–Trinajstić information content (AvgIpc) is 3.08. The summed E-state index contributed by atoms with van der Waals surface area (Å²) in [6.45, 7) is 7.69. The van der Waals surface area contributed by atoms with E-state index in [0.717, 1.165) is 51.4 Å². The van der Waals surface area contributed by atoms with Crippen molar-refractivity contribution in [2.24, 2.45) is 0 Å². The standard InChI is InChI=1S/C13H20N4O2/c1-10-8-12(19-15-10)13(18)17-5-2-11(9-17)16-6-3-14-4-7-16/h8,11,14H,2-7,9H2,1H3. The summed E-state index contributed by atoms with van der Waals surface area (Å²) < 4.78 is 5.05. The number of aromatic nitrogens is 1. The molecule has 0 aliphatic carbocycles. The van der Waals surface area contributed by atoms with Gasteiger partial charge in [0.05, 0.1) is 5.69 Å². The maximum absolute atomic E-state index is 12.2. The van der Waals surface area contributed by atoms with E-state index in [1.165, 1.54) is 0 Å². The summed E-state index contributed by atoms with van der Waals surface area (Å²) in [6, 6.07) is 2.20. The predicted octanol–water partition coefficient (Wildman–Crippen LogP) is 0.103. The molecule has 0 spiro atoms. The Morgan fingerprint density at radius 2 is 2.21 bits per heavy atom. The van der Waals surface area contributed by atoms with Crippen LogP contribution in [0.5, 0.6) is 0 Å². The largest absolute Gasteiger partial charge is 0.351 e. The quantitative estimate of drug-likeness (QED) is 0.821. The molecule has 0 saturated carbocycles. The molecule has 1 aromatic heterocycles. The molecular weight excluding hydrogens is 244 g/mol. The Morgan fingerprint density at radius 3 is 2.89 bits per heavy atom. The molecule has 1 aromatic rings. The summed E-state index contributed by atoms with van der Waals surface area (Å²) >= 11 is 0. The summed E-state index contributed by atoms with van der Waals surface area (Å²) in [5.74, 6) is 0.330. The molecule has 0 bridgehead atoms. The van der Waals surface area contributed by atoms with Crippen LogP contribution in [0.3, 0.4) is 0 Å². The number of hydrogen-bond donors (Lipinski definition) is 1. The Bertz CT molecular complexity index is 453. The highest BCUT2D eigenvalue weighted by molar-refractivity contribution is 5.91. The smallest absolute Gasteiger partial charge is 0.292 e. The molecule has 6 heteroatoms. The van der Waals surface area contributed by atoms with Gasteiger partial charge in [0.25, 0.3) is 5.91 Å². The number of hydrogen-bond acceptors (Lipinski definition) is 5. The molecular formula is C13H20N4O2. The molecule has 2 fully saturated rings. The minimum Gasteiger partial charge on any atom is -0.351 e. The van der Waals surface area contributed by atoms with E-state index in [1.54, 1.807) is 6.07 Å². The van der Waals surface area contributed by atoms with Crippen molar-refractivity contribution in [1.82, 2.24) is 20.3 Å². The molecule has 2 saturated heterocycles. The van der Waals surface area contributed by atoms with Crippen molar-refractivity contribution < 1.29 is 9.32 Å². The van der Waals surface area contributed by atoms with Crippen LogP contribution in [-0.4, -0.2) is 66.2 Å². The molecule has 2 aliphatic heterocycles. The fourth-order valence-corrected chi connectivity index (χ4v) is 2.89. The van der Waals surface area contributed by atoms with Crippen LogP contribution in [0, 0.1) is 6.92 Å². The zero-order chi connectivity index (χ0) is 13.2. The summed E-state index contributed by atoms with van der Waals surface area (Å²) in [4.78, 5) is 16.6. The number of piperazine rings is 1. The number of carbonyl (C=O) groups is 1. The van der Waals surface area contributed by atoms with E-state index in [9.17, 15) is 4.79 Å². The average molecular weight is 264 g/mol. The van der Waals surface area contributed by atoms with E-state index in [2.05, 4.69) is 15.4 Å². The lowest BCUT2D eigenvalue weighted by molar-refractivity contribution is 0.0732. The first-order valence-electron chi connectivity index (χ1n) is 6.91. The van der Waals surface area contributed by atoms with E-state index >= 15 is 0 Å². The van der Waals surface area contributed by atoms with Gasteiger partial charge in [-0.15, -0.1) is 0 Å². The number of aryl methyl sites for hydroxylation is 1. The first-order valence-corrected chi connectivity index (χ1v) is 6.91. The third kappa shape index (κ3) is 2.64. The molecule has 3 heterocycles. The van der Waals surface area contributed by atoms with Crippen molar-refractivity contribution in [2.45, 2.75) is 19.4 Å². The number of rotatable bonds is 2. The Hall–Kier alpha value is -1.40. The SMILES string of the molecule is Cc1cc(C(=O)N2CCC(N3CCNCC3)C2)on1. The third-order valence-corrected chi connectivity index (χ3v) is 3.96. The number of likely N-dealkylation sites (tertiary alicyclic amines) is 1. The molecule has 1 N–H and O–H groups in total. The van der Waals surface area contributed by atoms with Crippen LogP contribution in [0.4, 0.5) is 0 Å². The molecule has 0 radical (unpaired) electrons. The molecule has 2 aliphatic rings. The lowest BCUT2D eigenvalue weighted by Crippen LogP contribution is -2.49. The minimum absolute atomic E-state index is 0.0294. The highest BCUT2D eigenvalue weighted by Gasteiger charge is 2.32. The van der Waals surface area contributed by atoms with Gasteiger partial charge < -0.3 is 14.7 Å². The van der Waals surface area contributed by atoms with Crippen LogP contribution < -0.4 is 5.32 Å². The zero-order valence-corrected chi connectivity index (χ0v) is 11.3. The molecule has 6 nitrogen and oxygen atoms in total. The summed E-state index contributed by atoms with van der Waals surface area (Å²) in [5.41, 5.74) is 0.751.